The van der Waals surface area contributed by atoms with Crippen LogP contribution in [0.1, 0.15) is 18.4 Å². The molecule has 1 atom stereocenters. The molecule has 4 heteroatoms. The van der Waals surface area contributed by atoms with Crippen LogP contribution in [-0.2, 0) is 9.59 Å². The van der Waals surface area contributed by atoms with Crippen LogP contribution in [0.15, 0.2) is 55.3 Å². The highest BCUT2D eigenvalue weighted by molar-refractivity contribution is 5.98. The second-order valence-corrected chi connectivity index (χ2v) is 4.68. The molecule has 2 rings (SSSR count). The highest BCUT2D eigenvalue weighted by atomic mass is 16.1. The lowest BCUT2D eigenvalue weighted by Gasteiger charge is -2.08. The molecule has 21 heavy (non-hydrogen) atoms. The number of nitrogens with one attached hydrogen (secondary N) is 1. The van der Waals surface area contributed by atoms with E-state index in [0.29, 0.717) is 5.82 Å². The van der Waals surface area contributed by atoms with Crippen LogP contribution >= 0.6 is 0 Å². The minimum Gasteiger partial charge on any atom is -0.307 e. The van der Waals surface area contributed by atoms with Crippen molar-refractivity contribution in [3.05, 3.63) is 60.8 Å². The van der Waals surface area contributed by atoms with Gasteiger partial charge >= 0.3 is 0 Å². The number of nitrogens with zero attached hydrogens (tertiary/aromatic N) is 1. The molecule has 0 fully saturated rings. The average Bonchev–Trinajstić information content (AvgIpc) is 2.54. The summed E-state index contributed by atoms with van der Waals surface area (Å²) < 4.78 is 0. The molecule has 0 saturated carbocycles. The Bertz CT molecular complexity index is 663. The summed E-state index contributed by atoms with van der Waals surface area (Å²) in [6.07, 6.45) is 3.80. The van der Waals surface area contributed by atoms with Gasteiger partial charge in [-0.05, 0) is 29.3 Å². The van der Waals surface area contributed by atoms with E-state index in [9.17, 15) is 9.59 Å². The van der Waals surface area contributed by atoms with E-state index in [1.165, 1.54) is 6.08 Å². The summed E-state index contributed by atoms with van der Waals surface area (Å²) in [5.41, 5.74) is 2.87. The zero-order valence-electron chi connectivity index (χ0n) is 11.7. The molecule has 0 aliphatic carbocycles. The molecule has 1 aromatic heterocycles. The van der Waals surface area contributed by atoms with Crippen LogP contribution in [0.3, 0.4) is 0 Å². The lowest BCUT2D eigenvalue weighted by molar-refractivity contribution is -0.112. The van der Waals surface area contributed by atoms with Crippen molar-refractivity contribution >= 4 is 18.0 Å². The molecule has 1 amide bonds. The molecule has 1 aromatic carbocycles. The van der Waals surface area contributed by atoms with Crippen molar-refractivity contribution in [3.8, 4) is 11.1 Å². The van der Waals surface area contributed by atoms with Crippen molar-refractivity contribution < 1.29 is 9.59 Å². The van der Waals surface area contributed by atoms with Crippen LogP contribution < -0.4 is 5.32 Å². The van der Waals surface area contributed by atoms with E-state index in [-0.39, 0.29) is 11.8 Å². The molecule has 0 radical (unpaired) electrons. The second kappa shape index (κ2) is 6.61. The van der Waals surface area contributed by atoms with Crippen LogP contribution in [0.5, 0.6) is 0 Å². The molecular weight excluding hydrogens is 264 g/mol. The van der Waals surface area contributed by atoms with E-state index in [1.54, 1.807) is 12.3 Å². The van der Waals surface area contributed by atoms with E-state index in [1.807, 2.05) is 37.3 Å². The number of hydrogen-bond donors (Lipinski definition) is 1. The van der Waals surface area contributed by atoms with Crippen LogP contribution in [0.4, 0.5) is 5.82 Å². The van der Waals surface area contributed by atoms with Gasteiger partial charge in [0.15, 0.2) is 0 Å². The quantitative estimate of drug-likeness (QED) is 0.676. The van der Waals surface area contributed by atoms with E-state index in [4.69, 9.17) is 0 Å². The third kappa shape index (κ3) is 3.63. The summed E-state index contributed by atoms with van der Waals surface area (Å²) in [5, 5.41) is 2.59. The Morgan fingerprint density at radius 1 is 1.29 bits per heavy atom. The van der Waals surface area contributed by atoms with Crippen LogP contribution in [-0.4, -0.2) is 17.2 Å². The first-order valence-electron chi connectivity index (χ1n) is 6.59. The van der Waals surface area contributed by atoms with Gasteiger partial charge in [-0.15, -0.1) is 0 Å². The van der Waals surface area contributed by atoms with E-state index in [0.717, 1.165) is 23.0 Å². The van der Waals surface area contributed by atoms with E-state index >= 15 is 0 Å². The normalized spacial score (nSPS) is 11.5. The smallest absolute Gasteiger partial charge is 0.248 e. The van der Waals surface area contributed by atoms with Gasteiger partial charge in [0.1, 0.15) is 12.1 Å². The van der Waals surface area contributed by atoms with E-state index in [2.05, 4.69) is 16.9 Å². The van der Waals surface area contributed by atoms with Crippen LogP contribution in [0.2, 0.25) is 0 Å². The van der Waals surface area contributed by atoms with Gasteiger partial charge in [0.2, 0.25) is 5.91 Å². The minimum absolute atomic E-state index is 0.135. The molecule has 106 valence electrons. The Morgan fingerprint density at radius 3 is 2.71 bits per heavy atom. The lowest BCUT2D eigenvalue weighted by atomic mass is 9.98. The van der Waals surface area contributed by atoms with Gasteiger partial charge < -0.3 is 10.1 Å². The van der Waals surface area contributed by atoms with Gasteiger partial charge in [-0.3, -0.25) is 4.79 Å². The monoisotopic (exact) mass is 280 g/mol. The van der Waals surface area contributed by atoms with Crippen molar-refractivity contribution in [1.82, 2.24) is 4.98 Å². The fraction of sp³-hybridized carbons (Fsp3) is 0.118. The Labute approximate surface area is 123 Å². The standard InChI is InChI=1S/C17H16N2O2/c1-3-17(21)19-16-8-7-15(10-18-16)14-6-4-5-13(9-14)12(2)11-20/h3-12H,1H2,2H3,(H,18,19,21). The third-order valence-corrected chi connectivity index (χ3v) is 3.15. The molecule has 1 N–H and O–H groups in total. The molecular formula is C17H16N2O2. The molecule has 0 spiro atoms. The number of benzene rings is 1. The van der Waals surface area contributed by atoms with Gasteiger partial charge in [-0.2, -0.15) is 0 Å². The zero-order chi connectivity index (χ0) is 15.2. The molecule has 4 nitrogen and oxygen atoms in total. The van der Waals surface area contributed by atoms with Gasteiger partial charge in [0, 0.05) is 17.7 Å². The number of aromatic nitrogens is 1. The SMILES string of the molecule is C=CC(=O)Nc1ccc(-c2cccc(C(C)C=O)c2)cn1. The zero-order valence-corrected chi connectivity index (χ0v) is 11.7. The fourth-order valence-corrected chi connectivity index (χ4v) is 1.90. The first-order chi connectivity index (χ1) is 10.1. The fourth-order valence-electron chi connectivity index (χ4n) is 1.90. The number of pyridine rings is 1. The topological polar surface area (TPSA) is 59.1 Å². The summed E-state index contributed by atoms with van der Waals surface area (Å²) >= 11 is 0. The number of rotatable bonds is 5. The number of aldehydes is 1. The number of hydrogen-bond acceptors (Lipinski definition) is 3. The molecule has 0 bridgehead atoms. The Kier molecular flexibility index (Phi) is 4.61. The summed E-state index contributed by atoms with van der Waals surface area (Å²) in [6, 6.07) is 11.4. The number of carbonyl (C=O) groups is 2. The van der Waals surface area contributed by atoms with Crippen LogP contribution in [0.25, 0.3) is 11.1 Å². The molecule has 1 heterocycles. The maximum absolute atomic E-state index is 11.2. The first kappa shape index (κ1) is 14.7. The summed E-state index contributed by atoms with van der Waals surface area (Å²) in [4.78, 5) is 26.2. The van der Waals surface area contributed by atoms with Crippen molar-refractivity contribution in [2.75, 3.05) is 5.32 Å². The van der Waals surface area contributed by atoms with Crippen LogP contribution in [0, 0.1) is 0 Å². The summed E-state index contributed by atoms with van der Waals surface area (Å²) in [7, 11) is 0. The molecule has 0 aliphatic heterocycles. The van der Waals surface area contributed by atoms with E-state index < -0.39 is 0 Å². The van der Waals surface area contributed by atoms with Crippen molar-refractivity contribution in [2.45, 2.75) is 12.8 Å². The van der Waals surface area contributed by atoms with Gasteiger partial charge in [0.05, 0.1) is 0 Å². The summed E-state index contributed by atoms with van der Waals surface area (Å²) in [5.74, 6) is 0.0437. The first-order valence-corrected chi connectivity index (χ1v) is 6.59. The molecule has 1 unspecified atom stereocenters. The van der Waals surface area contributed by atoms with Crippen molar-refractivity contribution in [1.29, 1.82) is 0 Å². The lowest BCUT2D eigenvalue weighted by Crippen LogP contribution is -2.08. The highest BCUT2D eigenvalue weighted by Crippen LogP contribution is 2.23. The number of anilines is 1. The van der Waals surface area contributed by atoms with Gasteiger partial charge in [-0.1, -0.05) is 37.8 Å². The maximum Gasteiger partial charge on any atom is 0.248 e. The highest BCUT2D eigenvalue weighted by Gasteiger charge is 2.06. The summed E-state index contributed by atoms with van der Waals surface area (Å²) in [6.45, 7) is 5.25. The third-order valence-electron chi connectivity index (χ3n) is 3.15. The molecule has 0 aliphatic rings. The predicted octanol–water partition coefficient (Wildman–Crippen LogP) is 3.18. The Balaban J connectivity index is 2.24. The van der Waals surface area contributed by atoms with Gasteiger partial charge in [0.25, 0.3) is 0 Å². The number of amides is 1. The maximum atomic E-state index is 11.2. The minimum atomic E-state index is -0.294. The second-order valence-electron chi connectivity index (χ2n) is 4.68. The predicted molar refractivity (Wildman–Crippen MR) is 83.0 cm³/mol. The largest absolute Gasteiger partial charge is 0.307 e. The van der Waals surface area contributed by atoms with Gasteiger partial charge in [-0.25, -0.2) is 4.98 Å². The molecule has 0 saturated heterocycles. The van der Waals surface area contributed by atoms with Crippen molar-refractivity contribution in [2.24, 2.45) is 0 Å². The number of carbonyl (C=O) groups excluding carboxylic acids is 2. The Morgan fingerprint density at radius 2 is 2.10 bits per heavy atom. The average molecular weight is 280 g/mol. The molecule has 2 aromatic rings. The Hall–Kier alpha value is -2.75. The van der Waals surface area contributed by atoms with Crippen molar-refractivity contribution in [3.63, 3.8) is 0 Å².